The van der Waals surface area contributed by atoms with Gasteiger partial charge >= 0.3 is 11.9 Å². The molecule has 0 aliphatic rings. The molecule has 0 aromatic carbocycles. The molecule has 8 heteroatoms. The summed E-state index contributed by atoms with van der Waals surface area (Å²) in [6.07, 6.45) is 0.493. The van der Waals surface area contributed by atoms with E-state index >= 15 is 0 Å². The van der Waals surface area contributed by atoms with Gasteiger partial charge in [0.2, 0.25) is 0 Å². The number of furan rings is 1. The Morgan fingerprint density at radius 3 is 2.60 bits per heavy atom. The maximum absolute atomic E-state index is 12.3. The van der Waals surface area contributed by atoms with Crippen molar-refractivity contribution in [3.8, 4) is 0 Å². The van der Waals surface area contributed by atoms with E-state index in [1.165, 1.54) is 20.3 Å². The van der Waals surface area contributed by atoms with Crippen molar-refractivity contribution in [1.29, 1.82) is 0 Å². The third-order valence-corrected chi connectivity index (χ3v) is 3.70. The fourth-order valence-electron chi connectivity index (χ4n) is 2.37. The van der Waals surface area contributed by atoms with Crippen LogP contribution < -0.4 is 5.32 Å². The maximum atomic E-state index is 12.3. The molecule has 0 saturated carbocycles. The van der Waals surface area contributed by atoms with E-state index in [4.69, 9.17) is 13.9 Å². The number of hydrogen-bond acceptors (Lipinski definition) is 6. The topological polar surface area (TPSA) is 111 Å². The van der Waals surface area contributed by atoms with Gasteiger partial charge in [0.25, 0.3) is 5.91 Å². The minimum absolute atomic E-state index is 0.114. The van der Waals surface area contributed by atoms with Gasteiger partial charge in [-0.3, -0.25) is 4.79 Å². The molecule has 2 aromatic heterocycles. The van der Waals surface area contributed by atoms with Crippen LogP contribution in [0.2, 0.25) is 0 Å². The van der Waals surface area contributed by atoms with E-state index < -0.39 is 23.9 Å². The number of aryl methyl sites for hydroxylation is 1. The predicted molar refractivity (Wildman–Crippen MR) is 87.0 cm³/mol. The highest BCUT2D eigenvalue weighted by atomic mass is 16.5. The molecule has 0 radical (unpaired) electrons. The number of aromatic amines is 1. The van der Waals surface area contributed by atoms with Crippen molar-refractivity contribution in [3.63, 3.8) is 0 Å². The van der Waals surface area contributed by atoms with E-state index in [1.54, 1.807) is 26.0 Å². The molecule has 0 spiro atoms. The van der Waals surface area contributed by atoms with Gasteiger partial charge in [-0.05, 0) is 38.5 Å². The molecule has 0 aliphatic heterocycles. The van der Waals surface area contributed by atoms with Crippen molar-refractivity contribution >= 4 is 17.8 Å². The third-order valence-electron chi connectivity index (χ3n) is 3.70. The van der Waals surface area contributed by atoms with Crippen LogP contribution in [0.15, 0.2) is 22.8 Å². The molecule has 2 heterocycles. The van der Waals surface area contributed by atoms with E-state index in [0.29, 0.717) is 17.0 Å². The normalized spacial score (nSPS) is 11.7. The minimum Gasteiger partial charge on any atom is -0.467 e. The summed E-state index contributed by atoms with van der Waals surface area (Å²) in [5, 5.41) is 2.61. The van der Waals surface area contributed by atoms with E-state index in [-0.39, 0.29) is 17.8 Å². The van der Waals surface area contributed by atoms with E-state index in [2.05, 4.69) is 10.3 Å². The minimum atomic E-state index is -1.01. The van der Waals surface area contributed by atoms with Crippen LogP contribution in [0.1, 0.15) is 44.8 Å². The number of carbonyl (C=O) groups excluding carboxylic acids is 3. The number of rotatable bonds is 6. The van der Waals surface area contributed by atoms with Gasteiger partial charge in [-0.15, -0.1) is 0 Å². The SMILES string of the molecule is COC(=O)c1c(C)[nH]c(C(=O)O[C@H](C)C(=O)NCc2ccco2)c1C. The zero-order chi connectivity index (χ0) is 18.6. The maximum Gasteiger partial charge on any atom is 0.355 e. The second-order valence-electron chi connectivity index (χ2n) is 5.46. The largest absolute Gasteiger partial charge is 0.467 e. The first-order valence-electron chi connectivity index (χ1n) is 7.63. The highest BCUT2D eigenvalue weighted by molar-refractivity contribution is 5.99. The number of methoxy groups -OCH3 is 1. The Hall–Kier alpha value is -3.03. The average molecular weight is 348 g/mol. The summed E-state index contributed by atoms with van der Waals surface area (Å²) in [7, 11) is 1.26. The number of aromatic nitrogens is 1. The monoisotopic (exact) mass is 348 g/mol. The Morgan fingerprint density at radius 1 is 1.28 bits per heavy atom. The third kappa shape index (κ3) is 4.09. The number of nitrogens with one attached hydrogen (secondary N) is 2. The Balaban J connectivity index is 2.01. The zero-order valence-corrected chi connectivity index (χ0v) is 14.5. The summed E-state index contributed by atoms with van der Waals surface area (Å²) in [6, 6.07) is 3.43. The number of esters is 2. The van der Waals surface area contributed by atoms with Crippen LogP contribution in [-0.2, 0) is 20.8 Å². The fraction of sp³-hybridized carbons (Fsp3) is 0.353. The molecule has 0 unspecified atom stereocenters. The molecule has 1 atom stereocenters. The Bertz CT molecular complexity index is 775. The van der Waals surface area contributed by atoms with Gasteiger partial charge < -0.3 is 24.2 Å². The number of amides is 1. The van der Waals surface area contributed by atoms with Crippen LogP contribution in [0.5, 0.6) is 0 Å². The van der Waals surface area contributed by atoms with Gasteiger partial charge in [0, 0.05) is 5.69 Å². The first-order chi connectivity index (χ1) is 11.8. The Labute approximate surface area is 144 Å². The van der Waals surface area contributed by atoms with E-state index in [9.17, 15) is 14.4 Å². The lowest BCUT2D eigenvalue weighted by atomic mass is 10.1. The molecular formula is C17H20N2O6. The van der Waals surface area contributed by atoms with Crippen LogP contribution >= 0.6 is 0 Å². The summed E-state index contributed by atoms with van der Waals surface area (Å²) in [5.41, 5.74) is 1.30. The molecule has 8 nitrogen and oxygen atoms in total. The van der Waals surface area contributed by atoms with Gasteiger partial charge in [-0.2, -0.15) is 0 Å². The molecule has 0 saturated heterocycles. The van der Waals surface area contributed by atoms with E-state index in [0.717, 1.165) is 0 Å². The van der Waals surface area contributed by atoms with Gasteiger partial charge in [-0.1, -0.05) is 0 Å². The van der Waals surface area contributed by atoms with Gasteiger partial charge in [0.15, 0.2) is 6.10 Å². The lowest BCUT2D eigenvalue weighted by Gasteiger charge is -2.12. The molecular weight excluding hydrogens is 328 g/mol. The molecule has 0 bridgehead atoms. The summed E-state index contributed by atoms with van der Waals surface area (Å²) in [5.74, 6) is -1.14. The highest BCUT2D eigenvalue weighted by Crippen LogP contribution is 2.20. The molecule has 134 valence electrons. The van der Waals surface area contributed by atoms with Crippen molar-refractivity contribution < 1.29 is 28.3 Å². The second kappa shape index (κ2) is 7.69. The molecule has 0 fully saturated rings. The van der Waals surface area contributed by atoms with Crippen LogP contribution in [-0.4, -0.2) is 36.0 Å². The first-order valence-corrected chi connectivity index (χ1v) is 7.63. The highest BCUT2D eigenvalue weighted by Gasteiger charge is 2.26. The molecule has 0 aliphatic carbocycles. The van der Waals surface area contributed by atoms with Crippen LogP contribution in [0.3, 0.4) is 0 Å². The van der Waals surface area contributed by atoms with E-state index in [1.807, 2.05) is 0 Å². The number of hydrogen-bond donors (Lipinski definition) is 2. The molecule has 1 amide bonds. The van der Waals surface area contributed by atoms with Gasteiger partial charge in [0.1, 0.15) is 11.5 Å². The number of ether oxygens (including phenoxy) is 2. The van der Waals surface area contributed by atoms with Crippen molar-refractivity contribution in [2.24, 2.45) is 0 Å². The lowest BCUT2D eigenvalue weighted by Crippen LogP contribution is -2.35. The first kappa shape index (κ1) is 18.3. The quantitative estimate of drug-likeness (QED) is 0.771. The van der Waals surface area contributed by atoms with Crippen molar-refractivity contribution in [3.05, 3.63) is 46.7 Å². The van der Waals surface area contributed by atoms with Crippen LogP contribution in [0.25, 0.3) is 0 Å². The lowest BCUT2D eigenvalue weighted by molar-refractivity contribution is -0.129. The summed E-state index contributed by atoms with van der Waals surface area (Å²) in [6.45, 7) is 4.91. The average Bonchev–Trinajstić information content (AvgIpc) is 3.19. The Kier molecular flexibility index (Phi) is 5.63. The molecule has 2 N–H and O–H groups in total. The number of H-pyrrole nitrogens is 1. The van der Waals surface area contributed by atoms with Crippen molar-refractivity contribution in [1.82, 2.24) is 10.3 Å². The smallest absolute Gasteiger partial charge is 0.355 e. The summed E-state index contributed by atoms with van der Waals surface area (Å²) in [4.78, 5) is 38.8. The zero-order valence-electron chi connectivity index (χ0n) is 14.5. The standard InChI is InChI=1S/C17H20N2O6/c1-9-13(16(21)23-4)10(2)19-14(9)17(22)25-11(3)15(20)18-8-12-6-5-7-24-12/h5-7,11,19H,8H2,1-4H3,(H,18,20)/t11-/m1/s1. The second-order valence-corrected chi connectivity index (χ2v) is 5.46. The van der Waals surface area contributed by atoms with Crippen LogP contribution in [0.4, 0.5) is 0 Å². The Morgan fingerprint density at radius 2 is 2.00 bits per heavy atom. The van der Waals surface area contributed by atoms with Crippen molar-refractivity contribution in [2.75, 3.05) is 7.11 Å². The van der Waals surface area contributed by atoms with Crippen LogP contribution in [0, 0.1) is 13.8 Å². The molecule has 2 rings (SSSR count). The van der Waals surface area contributed by atoms with Gasteiger partial charge in [0.05, 0.1) is 25.5 Å². The van der Waals surface area contributed by atoms with Crippen molar-refractivity contribution in [2.45, 2.75) is 33.4 Å². The fourth-order valence-corrected chi connectivity index (χ4v) is 2.37. The predicted octanol–water partition coefficient (Wildman–Crippen LogP) is 1.87. The van der Waals surface area contributed by atoms with Gasteiger partial charge in [-0.25, -0.2) is 9.59 Å². The number of carbonyl (C=O) groups is 3. The summed E-state index contributed by atoms with van der Waals surface area (Å²) >= 11 is 0. The molecule has 2 aromatic rings. The summed E-state index contributed by atoms with van der Waals surface area (Å²) < 4.78 is 15.0. The molecule has 25 heavy (non-hydrogen) atoms.